The Morgan fingerprint density at radius 3 is 2.08 bits per heavy atom. The Morgan fingerprint density at radius 2 is 1.58 bits per heavy atom. The Balaban J connectivity index is 3.33. The van der Waals surface area contributed by atoms with Gasteiger partial charge in [0.1, 0.15) is 0 Å². The van der Waals surface area contributed by atoms with Gasteiger partial charge in [0.2, 0.25) is 0 Å². The zero-order valence-electron chi connectivity index (χ0n) is 7.42. The van der Waals surface area contributed by atoms with Crippen molar-refractivity contribution in [1.82, 2.24) is 0 Å². The number of hydrogen-bond donors (Lipinski definition) is 1. The van der Waals surface area contributed by atoms with E-state index in [0.29, 0.717) is 4.90 Å². The van der Waals surface area contributed by atoms with E-state index in [1.807, 2.05) is 26.8 Å². The molecule has 66 valence electrons. The van der Waals surface area contributed by atoms with E-state index in [-0.39, 0.29) is 0 Å². The molecule has 0 bridgehead atoms. The van der Waals surface area contributed by atoms with Gasteiger partial charge in [0.15, 0.2) is 11.1 Å². The molecule has 0 aliphatic rings. The lowest BCUT2D eigenvalue weighted by molar-refractivity contribution is 0.563. The zero-order chi connectivity index (χ0) is 9.30. The predicted molar refractivity (Wildman–Crippen MR) is 49.7 cm³/mol. The first-order valence-corrected chi connectivity index (χ1v) is 4.81. The van der Waals surface area contributed by atoms with Gasteiger partial charge in [-0.3, -0.25) is 0 Å². The molecule has 0 spiro atoms. The number of aryl methyl sites for hydroxylation is 3. The molecule has 0 saturated heterocycles. The molecule has 1 aromatic carbocycles. The fourth-order valence-electron chi connectivity index (χ4n) is 1.12. The summed E-state index contributed by atoms with van der Waals surface area (Å²) in [6.45, 7) is 5.77. The van der Waals surface area contributed by atoms with Crippen LogP contribution in [0.4, 0.5) is 0 Å². The Labute approximate surface area is 74.9 Å². The van der Waals surface area contributed by atoms with Gasteiger partial charge < -0.3 is 4.55 Å². The molecule has 12 heavy (non-hydrogen) atoms. The summed E-state index contributed by atoms with van der Waals surface area (Å²) in [4.78, 5) is 0.512. The minimum absolute atomic E-state index is 0.512. The van der Waals surface area contributed by atoms with Crippen LogP contribution in [-0.2, 0) is 11.1 Å². The molecule has 0 aromatic heterocycles. The Morgan fingerprint density at radius 1 is 1.08 bits per heavy atom. The average Bonchev–Trinajstić information content (AvgIpc) is 1.96. The van der Waals surface area contributed by atoms with Crippen molar-refractivity contribution in [1.29, 1.82) is 0 Å². The van der Waals surface area contributed by atoms with Gasteiger partial charge in [-0.2, -0.15) is 0 Å². The first-order valence-electron chi connectivity index (χ1n) is 3.71. The van der Waals surface area contributed by atoms with Crippen LogP contribution in [0.25, 0.3) is 0 Å². The Bertz CT molecular complexity index is 332. The van der Waals surface area contributed by atoms with Crippen molar-refractivity contribution in [3.05, 3.63) is 28.8 Å². The number of rotatable bonds is 1. The van der Waals surface area contributed by atoms with Crippen molar-refractivity contribution in [3.8, 4) is 0 Å². The van der Waals surface area contributed by atoms with E-state index in [2.05, 4.69) is 0 Å². The summed E-state index contributed by atoms with van der Waals surface area (Å²) in [6.07, 6.45) is 0. The van der Waals surface area contributed by atoms with E-state index >= 15 is 0 Å². The molecule has 1 atom stereocenters. The van der Waals surface area contributed by atoms with Gasteiger partial charge in [-0.05, 0) is 43.5 Å². The highest BCUT2D eigenvalue weighted by atomic mass is 32.2. The molecule has 0 fully saturated rings. The third-order valence-corrected chi connectivity index (χ3v) is 2.80. The SMILES string of the molecule is Cc1cc(C)c(S(=O)O)cc1C. The van der Waals surface area contributed by atoms with Crippen molar-refractivity contribution in [3.63, 3.8) is 0 Å². The Hall–Kier alpha value is -0.670. The number of benzene rings is 1. The maximum absolute atomic E-state index is 10.8. The van der Waals surface area contributed by atoms with E-state index in [9.17, 15) is 4.21 Å². The smallest absolute Gasteiger partial charge is 0.186 e. The quantitative estimate of drug-likeness (QED) is 0.679. The molecule has 1 aromatic rings. The van der Waals surface area contributed by atoms with Crippen molar-refractivity contribution < 1.29 is 8.76 Å². The van der Waals surface area contributed by atoms with Crippen LogP contribution in [0, 0.1) is 20.8 Å². The van der Waals surface area contributed by atoms with Gasteiger partial charge in [0, 0.05) is 0 Å². The summed E-state index contributed by atoms with van der Waals surface area (Å²) in [5.74, 6) is 0. The first kappa shape index (κ1) is 9.42. The lowest BCUT2D eigenvalue weighted by Gasteiger charge is -2.05. The largest absolute Gasteiger partial charge is 0.302 e. The normalized spacial score (nSPS) is 13.0. The first-order chi connectivity index (χ1) is 5.52. The zero-order valence-corrected chi connectivity index (χ0v) is 8.23. The molecule has 0 amide bonds. The highest BCUT2D eigenvalue weighted by molar-refractivity contribution is 7.79. The van der Waals surface area contributed by atoms with Crippen molar-refractivity contribution in [2.24, 2.45) is 0 Å². The standard InChI is InChI=1S/C9H12O2S/c1-6-4-8(3)9(12(10)11)5-7(6)2/h4-5H,1-3H3,(H,10,11). The molecule has 1 N–H and O–H groups in total. The third kappa shape index (κ3) is 1.73. The van der Waals surface area contributed by atoms with E-state index in [0.717, 1.165) is 16.7 Å². The van der Waals surface area contributed by atoms with Crippen LogP contribution in [-0.4, -0.2) is 8.76 Å². The molecular weight excluding hydrogens is 172 g/mol. The fraction of sp³-hybridized carbons (Fsp3) is 0.333. The summed E-state index contributed by atoms with van der Waals surface area (Å²) in [7, 11) is 0. The lowest BCUT2D eigenvalue weighted by atomic mass is 10.1. The summed E-state index contributed by atoms with van der Waals surface area (Å²) >= 11 is -1.86. The summed E-state index contributed by atoms with van der Waals surface area (Å²) in [5, 5.41) is 0. The average molecular weight is 184 g/mol. The molecule has 0 heterocycles. The second-order valence-corrected chi connectivity index (χ2v) is 3.89. The maximum Gasteiger partial charge on any atom is 0.186 e. The van der Waals surface area contributed by atoms with Gasteiger partial charge >= 0.3 is 0 Å². The second kappa shape index (κ2) is 3.37. The number of hydrogen-bond acceptors (Lipinski definition) is 1. The highest BCUT2D eigenvalue weighted by Gasteiger charge is 2.05. The van der Waals surface area contributed by atoms with Crippen molar-refractivity contribution in [2.45, 2.75) is 25.7 Å². The molecule has 1 rings (SSSR count). The molecule has 0 saturated carbocycles. The second-order valence-electron chi connectivity index (χ2n) is 2.95. The van der Waals surface area contributed by atoms with Crippen LogP contribution < -0.4 is 0 Å². The van der Waals surface area contributed by atoms with Crippen LogP contribution in [0.3, 0.4) is 0 Å². The van der Waals surface area contributed by atoms with Crippen LogP contribution in [0.2, 0.25) is 0 Å². The molecule has 0 radical (unpaired) electrons. The van der Waals surface area contributed by atoms with Gasteiger partial charge in [-0.15, -0.1) is 0 Å². The molecule has 2 nitrogen and oxygen atoms in total. The highest BCUT2D eigenvalue weighted by Crippen LogP contribution is 2.17. The van der Waals surface area contributed by atoms with Gasteiger partial charge in [0.25, 0.3) is 0 Å². The third-order valence-electron chi connectivity index (χ3n) is 1.98. The molecule has 0 aliphatic carbocycles. The van der Waals surface area contributed by atoms with E-state index in [1.54, 1.807) is 6.07 Å². The lowest BCUT2D eigenvalue weighted by Crippen LogP contribution is -1.95. The van der Waals surface area contributed by atoms with Gasteiger partial charge in [-0.1, -0.05) is 6.07 Å². The van der Waals surface area contributed by atoms with Crippen LogP contribution >= 0.6 is 0 Å². The van der Waals surface area contributed by atoms with E-state index < -0.39 is 11.1 Å². The fourth-order valence-corrected chi connectivity index (χ4v) is 1.73. The minimum Gasteiger partial charge on any atom is -0.302 e. The van der Waals surface area contributed by atoms with Crippen molar-refractivity contribution >= 4 is 11.1 Å². The van der Waals surface area contributed by atoms with Gasteiger partial charge in [0.05, 0.1) is 4.90 Å². The summed E-state index contributed by atoms with van der Waals surface area (Å²) in [6, 6.07) is 3.69. The summed E-state index contributed by atoms with van der Waals surface area (Å²) < 4.78 is 19.7. The Kier molecular flexibility index (Phi) is 2.65. The van der Waals surface area contributed by atoms with Gasteiger partial charge in [-0.25, -0.2) is 4.21 Å². The van der Waals surface area contributed by atoms with E-state index in [4.69, 9.17) is 4.55 Å². The summed E-state index contributed by atoms with van der Waals surface area (Å²) in [5.41, 5.74) is 3.08. The van der Waals surface area contributed by atoms with Crippen LogP contribution in [0.15, 0.2) is 17.0 Å². The van der Waals surface area contributed by atoms with Crippen molar-refractivity contribution in [2.75, 3.05) is 0 Å². The topological polar surface area (TPSA) is 37.3 Å². The molecular formula is C9H12O2S. The molecule has 3 heteroatoms. The van der Waals surface area contributed by atoms with E-state index in [1.165, 1.54) is 0 Å². The molecule has 1 unspecified atom stereocenters. The van der Waals surface area contributed by atoms with Crippen LogP contribution in [0.5, 0.6) is 0 Å². The van der Waals surface area contributed by atoms with Crippen LogP contribution in [0.1, 0.15) is 16.7 Å². The maximum atomic E-state index is 10.8. The minimum atomic E-state index is -1.86. The molecule has 0 aliphatic heterocycles. The predicted octanol–water partition coefficient (Wildman–Crippen LogP) is 2.19. The monoisotopic (exact) mass is 184 g/mol.